The first-order chi connectivity index (χ1) is 13.7. The molecular weight excluding hydrogens is 374 g/mol. The molecule has 1 aliphatic heterocycles. The van der Waals surface area contributed by atoms with E-state index in [1.807, 2.05) is 19.2 Å². The van der Waals surface area contributed by atoms with E-state index in [9.17, 15) is 0 Å². The van der Waals surface area contributed by atoms with Crippen molar-refractivity contribution in [2.45, 2.75) is 45.3 Å². The summed E-state index contributed by atoms with van der Waals surface area (Å²) in [4.78, 5) is 6.86. The maximum absolute atomic E-state index is 5.97. The summed E-state index contributed by atoms with van der Waals surface area (Å²) < 4.78 is 2.08. The fraction of sp³-hybridized carbons (Fsp3) is 0.550. The van der Waals surface area contributed by atoms with Crippen LogP contribution in [0.4, 0.5) is 0 Å². The van der Waals surface area contributed by atoms with Gasteiger partial charge in [-0.1, -0.05) is 30.7 Å². The molecule has 0 radical (unpaired) electrons. The van der Waals surface area contributed by atoms with Gasteiger partial charge in [0.05, 0.1) is 0 Å². The van der Waals surface area contributed by atoms with Crippen molar-refractivity contribution in [3.05, 3.63) is 47.0 Å². The number of guanidine groups is 1. The van der Waals surface area contributed by atoms with Crippen LogP contribution < -0.4 is 10.6 Å². The first kappa shape index (κ1) is 20.6. The van der Waals surface area contributed by atoms with Crippen molar-refractivity contribution < 1.29 is 0 Å². The Morgan fingerprint density at radius 1 is 1.25 bits per heavy atom. The number of halogens is 1. The molecule has 0 aliphatic carbocycles. The van der Waals surface area contributed by atoms with Gasteiger partial charge in [0.1, 0.15) is 12.2 Å². The number of benzene rings is 1. The van der Waals surface area contributed by atoms with Crippen LogP contribution in [0.3, 0.4) is 0 Å². The van der Waals surface area contributed by atoms with Crippen molar-refractivity contribution >= 4 is 17.6 Å². The van der Waals surface area contributed by atoms with Crippen LogP contribution in [-0.4, -0.2) is 58.3 Å². The van der Waals surface area contributed by atoms with E-state index in [1.54, 1.807) is 6.33 Å². The molecule has 2 heterocycles. The Labute approximate surface area is 172 Å². The number of likely N-dealkylation sites (tertiary alicyclic amines) is 1. The van der Waals surface area contributed by atoms with Crippen molar-refractivity contribution in [3.8, 4) is 0 Å². The van der Waals surface area contributed by atoms with Gasteiger partial charge in [0.25, 0.3) is 0 Å². The molecule has 0 amide bonds. The lowest BCUT2D eigenvalue weighted by molar-refractivity contribution is 0.198. The van der Waals surface area contributed by atoms with Gasteiger partial charge < -0.3 is 15.2 Å². The van der Waals surface area contributed by atoms with Crippen LogP contribution in [0.15, 0.2) is 35.6 Å². The van der Waals surface area contributed by atoms with Gasteiger partial charge in [0, 0.05) is 57.3 Å². The summed E-state index contributed by atoms with van der Waals surface area (Å²) >= 11 is 5.97. The molecule has 8 heteroatoms. The third kappa shape index (κ3) is 5.94. The van der Waals surface area contributed by atoms with Crippen LogP contribution >= 0.6 is 11.6 Å². The van der Waals surface area contributed by atoms with Gasteiger partial charge in [-0.15, -0.1) is 10.2 Å². The van der Waals surface area contributed by atoms with E-state index >= 15 is 0 Å². The van der Waals surface area contributed by atoms with Crippen molar-refractivity contribution in [2.75, 3.05) is 26.7 Å². The summed E-state index contributed by atoms with van der Waals surface area (Å²) in [5, 5.41) is 15.8. The fourth-order valence-electron chi connectivity index (χ4n) is 3.51. The maximum atomic E-state index is 5.97. The number of rotatable bonds is 7. The zero-order valence-electron chi connectivity index (χ0n) is 16.7. The number of aromatic nitrogens is 3. The summed E-state index contributed by atoms with van der Waals surface area (Å²) in [5.74, 6) is 1.88. The zero-order valence-corrected chi connectivity index (χ0v) is 17.5. The molecule has 0 bridgehead atoms. The number of nitrogens with one attached hydrogen (secondary N) is 2. The van der Waals surface area contributed by atoms with Gasteiger partial charge in [-0.3, -0.25) is 9.89 Å². The summed E-state index contributed by atoms with van der Waals surface area (Å²) in [6.45, 7) is 6.86. The van der Waals surface area contributed by atoms with Crippen molar-refractivity contribution in [1.29, 1.82) is 0 Å². The van der Waals surface area contributed by atoms with Gasteiger partial charge in [-0.05, 0) is 30.5 Å². The minimum Gasteiger partial charge on any atom is -0.355 e. The molecular formula is C20H30ClN7. The Hall–Kier alpha value is -2.12. The number of aliphatic imine (C=N–C) groups is 1. The van der Waals surface area contributed by atoms with E-state index in [-0.39, 0.29) is 0 Å². The standard InChI is InChI=1S/C20H30ClN7/c1-3-19-26-24-15-28(19)13-10-23-20(22-2)25-18-8-11-27(12-9-18)14-16-4-6-17(21)7-5-16/h4-7,15,18H,3,8-14H2,1-2H3,(H2,22,23,25). The molecule has 2 N–H and O–H groups in total. The van der Waals surface area contributed by atoms with Crippen molar-refractivity contribution in [2.24, 2.45) is 4.99 Å². The fourth-order valence-corrected chi connectivity index (χ4v) is 3.63. The first-order valence-electron chi connectivity index (χ1n) is 9.98. The molecule has 1 fully saturated rings. The number of aryl methyl sites for hydroxylation is 1. The third-order valence-electron chi connectivity index (χ3n) is 5.13. The summed E-state index contributed by atoms with van der Waals surface area (Å²) in [5.41, 5.74) is 1.31. The molecule has 2 aromatic rings. The van der Waals surface area contributed by atoms with Crippen molar-refractivity contribution in [1.82, 2.24) is 30.3 Å². The van der Waals surface area contributed by atoms with Crippen LogP contribution in [0.2, 0.25) is 5.02 Å². The molecule has 0 atom stereocenters. The highest BCUT2D eigenvalue weighted by molar-refractivity contribution is 6.30. The second-order valence-corrected chi connectivity index (χ2v) is 7.55. The molecule has 1 saturated heterocycles. The highest BCUT2D eigenvalue weighted by atomic mass is 35.5. The normalized spacial score (nSPS) is 16.3. The van der Waals surface area contributed by atoms with Crippen LogP contribution in [0.1, 0.15) is 31.2 Å². The Bertz CT molecular complexity index is 748. The maximum Gasteiger partial charge on any atom is 0.191 e. The average molecular weight is 404 g/mol. The van der Waals surface area contributed by atoms with Gasteiger partial charge in [0.15, 0.2) is 5.96 Å². The van der Waals surface area contributed by atoms with E-state index < -0.39 is 0 Å². The van der Waals surface area contributed by atoms with E-state index in [4.69, 9.17) is 11.6 Å². The lowest BCUT2D eigenvalue weighted by Gasteiger charge is -2.33. The Kier molecular flexibility index (Phi) is 7.68. The third-order valence-corrected chi connectivity index (χ3v) is 5.38. The molecule has 7 nitrogen and oxygen atoms in total. The van der Waals surface area contributed by atoms with Crippen LogP contribution in [0.5, 0.6) is 0 Å². The van der Waals surface area contributed by atoms with E-state index in [0.717, 1.165) is 68.8 Å². The second kappa shape index (κ2) is 10.4. The topological polar surface area (TPSA) is 70.4 Å². The second-order valence-electron chi connectivity index (χ2n) is 7.11. The molecule has 1 aromatic carbocycles. The molecule has 152 valence electrons. The quantitative estimate of drug-likeness (QED) is 0.548. The number of hydrogen-bond acceptors (Lipinski definition) is 4. The minimum atomic E-state index is 0.453. The van der Waals surface area contributed by atoms with E-state index in [2.05, 4.69) is 54.3 Å². The Morgan fingerprint density at radius 2 is 2.00 bits per heavy atom. The van der Waals surface area contributed by atoms with Crippen LogP contribution in [0.25, 0.3) is 0 Å². The average Bonchev–Trinajstić information content (AvgIpc) is 3.18. The minimum absolute atomic E-state index is 0.453. The number of hydrogen-bond donors (Lipinski definition) is 2. The molecule has 3 rings (SSSR count). The van der Waals surface area contributed by atoms with Gasteiger partial charge in [0.2, 0.25) is 0 Å². The van der Waals surface area contributed by atoms with Gasteiger partial charge >= 0.3 is 0 Å². The highest BCUT2D eigenvalue weighted by Crippen LogP contribution is 2.15. The Balaban J connectivity index is 1.38. The predicted octanol–water partition coefficient (Wildman–Crippen LogP) is 2.32. The predicted molar refractivity (Wildman–Crippen MR) is 114 cm³/mol. The molecule has 0 unspecified atom stereocenters. The monoisotopic (exact) mass is 403 g/mol. The number of nitrogens with zero attached hydrogens (tertiary/aromatic N) is 5. The highest BCUT2D eigenvalue weighted by Gasteiger charge is 2.20. The summed E-state index contributed by atoms with van der Waals surface area (Å²) in [7, 11) is 1.82. The smallest absolute Gasteiger partial charge is 0.191 e. The Morgan fingerprint density at radius 3 is 2.68 bits per heavy atom. The van der Waals surface area contributed by atoms with Crippen LogP contribution in [-0.2, 0) is 19.5 Å². The molecule has 0 spiro atoms. The molecule has 0 saturated carbocycles. The molecule has 1 aliphatic rings. The summed E-state index contributed by atoms with van der Waals surface area (Å²) in [6, 6.07) is 8.60. The van der Waals surface area contributed by atoms with E-state index in [1.165, 1.54) is 5.56 Å². The largest absolute Gasteiger partial charge is 0.355 e. The number of piperidine rings is 1. The van der Waals surface area contributed by atoms with Gasteiger partial charge in [-0.25, -0.2) is 0 Å². The first-order valence-corrected chi connectivity index (χ1v) is 10.4. The van der Waals surface area contributed by atoms with Gasteiger partial charge in [-0.2, -0.15) is 0 Å². The lowest BCUT2D eigenvalue weighted by Crippen LogP contribution is -2.49. The molecule has 1 aromatic heterocycles. The zero-order chi connectivity index (χ0) is 19.8. The molecule has 28 heavy (non-hydrogen) atoms. The van der Waals surface area contributed by atoms with Crippen molar-refractivity contribution in [3.63, 3.8) is 0 Å². The summed E-state index contributed by atoms with van der Waals surface area (Å²) in [6.07, 6.45) is 4.90. The van der Waals surface area contributed by atoms with Crippen LogP contribution in [0, 0.1) is 0 Å². The SMILES string of the molecule is CCc1nncn1CCNC(=NC)NC1CCN(Cc2ccc(Cl)cc2)CC1. The van der Waals surface area contributed by atoms with E-state index in [0.29, 0.717) is 6.04 Å². The lowest BCUT2D eigenvalue weighted by atomic mass is 10.0.